The van der Waals surface area contributed by atoms with Gasteiger partial charge in [0, 0.05) is 20.0 Å². The number of hydrogen-bond acceptors (Lipinski definition) is 8. The standard InChI is InChI=1S/C53H70N4O9Si/c1-37(56(8)51(61)62)48(58)55-47(52(2,3)4)50(60)57-36-40-34-41(27-26-39(40)35-46(57)49(59)54-45-25-17-19-38-18-15-16-24-44(38)45)65-32-30-63-28-29-64-31-33-66-67(53(5,6)7,42-20-11-9-12-21-42)43-22-13-10-14-23-43/h9-16,18,20-24,26-27,34,37,45-47H,17,19,25,28-33,35-36H2,1-8H3,(H,54,59)(H,55,58)(H,61,62)/t37?,45-,46+,47?/m1/s1. The van der Waals surface area contributed by atoms with E-state index in [9.17, 15) is 24.3 Å². The molecule has 0 saturated carbocycles. The predicted molar refractivity (Wildman–Crippen MR) is 262 cm³/mol. The highest BCUT2D eigenvalue weighted by Crippen LogP contribution is 2.37. The van der Waals surface area contributed by atoms with E-state index in [1.165, 1.54) is 29.9 Å². The van der Waals surface area contributed by atoms with Crippen molar-refractivity contribution in [3.8, 4) is 5.75 Å². The Hall–Kier alpha value is -5.54. The van der Waals surface area contributed by atoms with E-state index in [1.807, 2.05) is 69.3 Å². The monoisotopic (exact) mass is 934 g/mol. The largest absolute Gasteiger partial charge is 0.491 e. The average molecular weight is 935 g/mol. The fourth-order valence-corrected chi connectivity index (χ4v) is 13.8. The van der Waals surface area contributed by atoms with E-state index in [0.29, 0.717) is 38.8 Å². The SMILES string of the molecule is CC(C(=O)NC(C(=O)N1Cc2cc(OCCOCCOCCO[Si](c3ccccc3)(c3ccccc3)C(C)(C)C)ccc2C[C@H]1C(=O)N[C@@H]1CCCc2ccccc21)C(C)(C)C)N(C)C(=O)O. The van der Waals surface area contributed by atoms with Gasteiger partial charge in [0.05, 0.1) is 39.1 Å². The van der Waals surface area contributed by atoms with E-state index in [4.69, 9.17) is 18.6 Å². The van der Waals surface area contributed by atoms with Crippen molar-refractivity contribution in [2.24, 2.45) is 5.41 Å². The number of rotatable bonds is 19. The number of ether oxygens (including phenoxy) is 3. The van der Waals surface area contributed by atoms with E-state index >= 15 is 0 Å². The molecule has 4 amide bonds. The minimum atomic E-state index is -2.64. The summed E-state index contributed by atoms with van der Waals surface area (Å²) in [6.07, 6.45) is 1.65. The Morgan fingerprint density at radius 3 is 1.99 bits per heavy atom. The summed E-state index contributed by atoms with van der Waals surface area (Å²) in [5, 5.41) is 18.0. The van der Waals surface area contributed by atoms with Crippen LogP contribution in [-0.2, 0) is 47.7 Å². The van der Waals surface area contributed by atoms with Crippen molar-refractivity contribution in [1.82, 2.24) is 20.4 Å². The molecule has 0 saturated heterocycles. The zero-order valence-corrected chi connectivity index (χ0v) is 41.5. The summed E-state index contributed by atoms with van der Waals surface area (Å²) in [5.74, 6) is -0.719. The van der Waals surface area contributed by atoms with Gasteiger partial charge in [-0.15, -0.1) is 0 Å². The van der Waals surface area contributed by atoms with Crippen LogP contribution >= 0.6 is 0 Å². The Morgan fingerprint density at radius 2 is 1.37 bits per heavy atom. The molecule has 0 fully saturated rings. The number of fused-ring (bicyclic) bond motifs is 2. The fourth-order valence-electron chi connectivity index (χ4n) is 9.26. The summed E-state index contributed by atoms with van der Waals surface area (Å²) in [5.41, 5.74) is 3.25. The number of amides is 4. The first-order chi connectivity index (χ1) is 31.9. The Bertz CT molecular complexity index is 2260. The topological polar surface area (TPSA) is 156 Å². The molecule has 0 spiro atoms. The second kappa shape index (κ2) is 22.5. The first kappa shape index (κ1) is 50.9. The summed E-state index contributed by atoms with van der Waals surface area (Å²) in [6, 6.07) is 31.7. The quantitative estimate of drug-likeness (QED) is 0.0693. The van der Waals surface area contributed by atoms with E-state index in [-0.39, 0.29) is 36.6 Å². The van der Waals surface area contributed by atoms with Crippen molar-refractivity contribution in [1.29, 1.82) is 0 Å². The highest BCUT2D eigenvalue weighted by molar-refractivity contribution is 6.99. The number of carbonyl (C=O) groups is 4. The minimum Gasteiger partial charge on any atom is -0.491 e. The molecular formula is C53H70N4O9Si. The van der Waals surface area contributed by atoms with Gasteiger partial charge in [-0.3, -0.25) is 19.3 Å². The minimum absolute atomic E-state index is 0.103. The predicted octanol–water partition coefficient (Wildman–Crippen LogP) is 6.65. The molecule has 0 radical (unpaired) electrons. The lowest BCUT2D eigenvalue weighted by Gasteiger charge is -2.43. The average Bonchev–Trinajstić information content (AvgIpc) is 3.31. The second-order valence-corrected chi connectivity index (χ2v) is 24.0. The van der Waals surface area contributed by atoms with E-state index < -0.39 is 49.8 Å². The van der Waals surface area contributed by atoms with Crippen LogP contribution in [0.5, 0.6) is 5.75 Å². The van der Waals surface area contributed by atoms with Crippen LogP contribution in [0.2, 0.25) is 5.04 Å². The summed E-state index contributed by atoms with van der Waals surface area (Å²) >= 11 is 0. The normalized spacial score (nSPS) is 17.0. The molecule has 4 aromatic carbocycles. The zero-order chi connectivity index (χ0) is 48.4. The Kier molecular flexibility index (Phi) is 17.1. The van der Waals surface area contributed by atoms with Crippen molar-refractivity contribution in [3.63, 3.8) is 0 Å². The number of benzene rings is 4. The number of aryl methyl sites for hydroxylation is 1. The summed E-state index contributed by atoms with van der Waals surface area (Å²) in [7, 11) is -1.33. The van der Waals surface area contributed by atoms with Crippen LogP contribution in [0.25, 0.3) is 0 Å². The van der Waals surface area contributed by atoms with Gasteiger partial charge in [0.15, 0.2) is 0 Å². The number of nitrogens with zero attached hydrogens (tertiary/aromatic N) is 2. The summed E-state index contributed by atoms with van der Waals surface area (Å²) in [4.78, 5) is 56.8. The van der Waals surface area contributed by atoms with Crippen LogP contribution in [0.1, 0.15) is 89.6 Å². The van der Waals surface area contributed by atoms with E-state index in [0.717, 1.165) is 40.9 Å². The van der Waals surface area contributed by atoms with E-state index in [2.05, 4.69) is 86.0 Å². The van der Waals surface area contributed by atoms with Crippen LogP contribution in [0.4, 0.5) is 4.79 Å². The number of likely N-dealkylation sites (N-methyl/N-ethyl adjacent to an activating group) is 1. The third-order valence-electron chi connectivity index (χ3n) is 13.1. The van der Waals surface area contributed by atoms with Crippen LogP contribution < -0.4 is 25.7 Å². The smallest absolute Gasteiger partial charge is 0.407 e. The third kappa shape index (κ3) is 12.3. The van der Waals surface area contributed by atoms with E-state index in [1.54, 1.807) is 4.90 Å². The van der Waals surface area contributed by atoms with Gasteiger partial charge in [0.2, 0.25) is 17.7 Å². The van der Waals surface area contributed by atoms with Crippen LogP contribution in [-0.4, -0.2) is 112 Å². The molecule has 1 aliphatic carbocycles. The molecule has 3 N–H and O–H groups in total. The summed E-state index contributed by atoms with van der Waals surface area (Å²) in [6.45, 7) is 16.1. The molecule has 2 aliphatic rings. The van der Waals surface area contributed by atoms with Gasteiger partial charge in [-0.2, -0.15) is 0 Å². The molecule has 0 bridgehead atoms. The highest BCUT2D eigenvalue weighted by Gasteiger charge is 2.50. The highest BCUT2D eigenvalue weighted by atomic mass is 28.4. The van der Waals surface area contributed by atoms with Gasteiger partial charge in [-0.25, -0.2) is 4.79 Å². The van der Waals surface area contributed by atoms with Crippen molar-refractivity contribution >= 4 is 42.5 Å². The van der Waals surface area contributed by atoms with Crippen molar-refractivity contribution < 1.29 is 42.9 Å². The van der Waals surface area contributed by atoms with Crippen molar-refractivity contribution in [3.05, 3.63) is 125 Å². The molecule has 67 heavy (non-hydrogen) atoms. The van der Waals surface area contributed by atoms with Gasteiger partial charge in [-0.05, 0) is 81.4 Å². The third-order valence-corrected chi connectivity index (χ3v) is 18.1. The lowest BCUT2D eigenvalue weighted by Crippen LogP contribution is -2.66. The van der Waals surface area contributed by atoms with Crippen LogP contribution in [0.3, 0.4) is 0 Å². The van der Waals surface area contributed by atoms with Crippen molar-refractivity contribution in [2.45, 2.75) is 110 Å². The summed E-state index contributed by atoms with van der Waals surface area (Å²) < 4.78 is 24.9. The number of carboxylic acid groups (broad SMARTS) is 1. The number of carbonyl (C=O) groups excluding carboxylic acids is 3. The second-order valence-electron chi connectivity index (χ2n) is 19.7. The van der Waals surface area contributed by atoms with Crippen LogP contribution in [0.15, 0.2) is 103 Å². The Labute approximate surface area is 397 Å². The first-order valence-corrected chi connectivity index (χ1v) is 25.4. The van der Waals surface area contributed by atoms with Gasteiger partial charge < -0.3 is 39.3 Å². The number of hydrogen-bond donors (Lipinski definition) is 3. The molecule has 4 aromatic rings. The molecule has 6 rings (SSSR count). The molecule has 360 valence electrons. The molecule has 13 nitrogen and oxygen atoms in total. The molecular weight excluding hydrogens is 865 g/mol. The van der Waals surface area contributed by atoms with Gasteiger partial charge in [0.1, 0.15) is 30.5 Å². The lowest BCUT2D eigenvalue weighted by molar-refractivity contribution is -0.147. The molecule has 4 atom stereocenters. The maximum atomic E-state index is 14.8. The lowest BCUT2D eigenvalue weighted by atomic mass is 9.83. The number of nitrogens with one attached hydrogen (secondary N) is 2. The molecule has 1 heterocycles. The molecule has 2 unspecified atom stereocenters. The zero-order valence-electron chi connectivity index (χ0n) is 40.5. The molecule has 1 aliphatic heterocycles. The Morgan fingerprint density at radius 1 is 0.776 bits per heavy atom. The fraction of sp³-hybridized carbons (Fsp3) is 0.472. The molecule has 0 aromatic heterocycles. The molecule has 14 heteroatoms. The maximum Gasteiger partial charge on any atom is 0.407 e. The maximum absolute atomic E-state index is 14.8. The van der Waals surface area contributed by atoms with Crippen LogP contribution in [0, 0.1) is 5.41 Å². The van der Waals surface area contributed by atoms with Crippen molar-refractivity contribution in [2.75, 3.05) is 46.7 Å². The van der Waals surface area contributed by atoms with Gasteiger partial charge in [-0.1, -0.05) is 133 Å². The first-order valence-electron chi connectivity index (χ1n) is 23.5. The van der Waals surface area contributed by atoms with Gasteiger partial charge in [0.25, 0.3) is 8.32 Å². The van der Waals surface area contributed by atoms with Gasteiger partial charge >= 0.3 is 6.09 Å². The Balaban J connectivity index is 1.07.